The van der Waals surface area contributed by atoms with Crippen LogP contribution in [0.3, 0.4) is 0 Å². The van der Waals surface area contributed by atoms with Gasteiger partial charge in [-0.25, -0.2) is 9.50 Å². The summed E-state index contributed by atoms with van der Waals surface area (Å²) in [5, 5.41) is 11.3. The van der Waals surface area contributed by atoms with Crippen LogP contribution in [0.25, 0.3) is 16.6 Å². The molecule has 2 atom stereocenters. The lowest BCUT2D eigenvalue weighted by atomic mass is 9.81. The largest absolute Gasteiger partial charge is 0.488 e. The fourth-order valence-electron chi connectivity index (χ4n) is 4.65. The minimum Gasteiger partial charge on any atom is -0.488 e. The molecular formula is C25H27N7O2. The standard InChI is InChI=1S/C25H27N7O2/c1-16-8-20(21(12-26-16)33-15-25-14-29-22(25)4-3-7-34-25)18-5-6-32-19(9-18)10-23(31-32)30-24-13-27-17(2)11-28-24/h5-6,8-13,22,29H,3-4,7,14-15H2,1-2H3,(H,28,30,31)/t22?,25-/m0/s1. The second kappa shape index (κ2) is 8.34. The fourth-order valence-corrected chi connectivity index (χ4v) is 4.65. The summed E-state index contributed by atoms with van der Waals surface area (Å²) in [6, 6.07) is 8.56. The van der Waals surface area contributed by atoms with Gasteiger partial charge in [-0.2, -0.15) is 5.10 Å². The van der Waals surface area contributed by atoms with Crippen LogP contribution in [0.5, 0.6) is 5.75 Å². The molecule has 4 aromatic rings. The van der Waals surface area contributed by atoms with Crippen molar-refractivity contribution in [3.8, 4) is 16.9 Å². The molecule has 2 aliphatic heterocycles. The molecule has 2 aliphatic rings. The summed E-state index contributed by atoms with van der Waals surface area (Å²) in [6.07, 6.45) is 9.41. The number of nitrogens with one attached hydrogen (secondary N) is 2. The number of ether oxygens (including phenoxy) is 2. The Bertz CT molecular complexity index is 1340. The molecule has 9 heteroatoms. The Labute approximate surface area is 197 Å². The molecule has 34 heavy (non-hydrogen) atoms. The number of anilines is 2. The predicted molar refractivity (Wildman–Crippen MR) is 128 cm³/mol. The Hall–Kier alpha value is -3.56. The van der Waals surface area contributed by atoms with Crippen molar-refractivity contribution in [2.24, 2.45) is 0 Å². The minimum absolute atomic E-state index is 0.227. The summed E-state index contributed by atoms with van der Waals surface area (Å²) in [5.41, 5.74) is 4.58. The summed E-state index contributed by atoms with van der Waals surface area (Å²) in [5.74, 6) is 2.12. The number of hydrogen-bond donors (Lipinski definition) is 2. The van der Waals surface area contributed by atoms with Crippen molar-refractivity contribution < 1.29 is 9.47 Å². The second-order valence-corrected chi connectivity index (χ2v) is 9.08. The van der Waals surface area contributed by atoms with Gasteiger partial charge in [-0.3, -0.25) is 9.97 Å². The smallest absolute Gasteiger partial charge is 0.154 e. The molecule has 0 saturated carbocycles. The van der Waals surface area contributed by atoms with E-state index in [0.717, 1.165) is 59.8 Å². The van der Waals surface area contributed by atoms with Gasteiger partial charge >= 0.3 is 0 Å². The summed E-state index contributed by atoms with van der Waals surface area (Å²) in [6.45, 7) is 6.04. The molecule has 4 aromatic heterocycles. The van der Waals surface area contributed by atoms with Crippen LogP contribution in [0.15, 0.2) is 49.1 Å². The summed E-state index contributed by atoms with van der Waals surface area (Å²) in [7, 11) is 0. The highest BCUT2D eigenvalue weighted by atomic mass is 16.5. The molecule has 2 fully saturated rings. The van der Waals surface area contributed by atoms with Gasteiger partial charge in [-0.1, -0.05) is 0 Å². The molecule has 0 bridgehead atoms. The molecule has 9 nitrogen and oxygen atoms in total. The summed E-state index contributed by atoms with van der Waals surface area (Å²) < 4.78 is 14.3. The molecule has 6 heterocycles. The number of aryl methyl sites for hydroxylation is 2. The SMILES string of the molecule is Cc1cnc(Nc2cc3cc(-c4cc(C)ncc4OC[C@@]45CNC4CCCO5)ccn3n2)cn1. The van der Waals surface area contributed by atoms with E-state index in [2.05, 4.69) is 42.8 Å². The van der Waals surface area contributed by atoms with Crippen molar-refractivity contribution in [3.63, 3.8) is 0 Å². The molecule has 2 N–H and O–H groups in total. The monoisotopic (exact) mass is 457 g/mol. The van der Waals surface area contributed by atoms with Gasteiger partial charge in [0.2, 0.25) is 0 Å². The number of hydrogen-bond acceptors (Lipinski definition) is 8. The zero-order valence-electron chi connectivity index (χ0n) is 19.3. The Morgan fingerprint density at radius 3 is 2.82 bits per heavy atom. The van der Waals surface area contributed by atoms with Crippen molar-refractivity contribution in [1.29, 1.82) is 0 Å². The number of pyridine rings is 2. The van der Waals surface area contributed by atoms with E-state index in [4.69, 9.17) is 9.47 Å². The van der Waals surface area contributed by atoms with E-state index in [1.807, 2.05) is 42.9 Å². The Morgan fingerprint density at radius 2 is 2.03 bits per heavy atom. The van der Waals surface area contributed by atoms with Crippen molar-refractivity contribution in [2.45, 2.75) is 38.3 Å². The van der Waals surface area contributed by atoms with Gasteiger partial charge in [-0.15, -0.1) is 0 Å². The van der Waals surface area contributed by atoms with Crippen molar-refractivity contribution in [3.05, 3.63) is 60.4 Å². The molecule has 2 saturated heterocycles. The quantitative estimate of drug-likeness (QED) is 0.454. The maximum Gasteiger partial charge on any atom is 0.154 e. The highest BCUT2D eigenvalue weighted by molar-refractivity contribution is 5.75. The lowest BCUT2D eigenvalue weighted by Crippen LogP contribution is -2.73. The second-order valence-electron chi connectivity index (χ2n) is 9.08. The average molecular weight is 458 g/mol. The molecule has 0 aliphatic carbocycles. The average Bonchev–Trinajstić information content (AvgIpc) is 3.23. The van der Waals surface area contributed by atoms with E-state index >= 15 is 0 Å². The van der Waals surface area contributed by atoms with Gasteiger partial charge in [0, 0.05) is 42.7 Å². The Morgan fingerprint density at radius 1 is 1.12 bits per heavy atom. The highest BCUT2D eigenvalue weighted by Gasteiger charge is 2.50. The molecule has 0 amide bonds. The van der Waals surface area contributed by atoms with Crippen LogP contribution in [-0.4, -0.2) is 56.0 Å². The zero-order valence-corrected chi connectivity index (χ0v) is 19.3. The predicted octanol–water partition coefficient (Wildman–Crippen LogP) is 3.45. The van der Waals surface area contributed by atoms with Gasteiger partial charge in [0.25, 0.3) is 0 Å². The van der Waals surface area contributed by atoms with E-state index < -0.39 is 0 Å². The third-order valence-electron chi connectivity index (χ3n) is 6.60. The van der Waals surface area contributed by atoms with Crippen LogP contribution in [-0.2, 0) is 4.74 Å². The Kier molecular flexibility index (Phi) is 5.15. The lowest BCUT2D eigenvalue weighted by molar-refractivity contribution is -0.162. The van der Waals surface area contributed by atoms with E-state index in [1.54, 1.807) is 12.4 Å². The van der Waals surface area contributed by atoms with Crippen LogP contribution in [0.4, 0.5) is 11.6 Å². The molecule has 174 valence electrons. The zero-order chi connectivity index (χ0) is 23.1. The number of aromatic nitrogens is 5. The van der Waals surface area contributed by atoms with E-state index in [-0.39, 0.29) is 5.60 Å². The van der Waals surface area contributed by atoms with Crippen LogP contribution < -0.4 is 15.4 Å². The normalized spacial score (nSPS) is 21.6. The van der Waals surface area contributed by atoms with E-state index in [0.29, 0.717) is 24.3 Å². The van der Waals surface area contributed by atoms with Crippen molar-refractivity contribution in [2.75, 3.05) is 25.1 Å². The third-order valence-corrected chi connectivity index (χ3v) is 6.60. The van der Waals surface area contributed by atoms with Gasteiger partial charge in [0.1, 0.15) is 23.8 Å². The topological polar surface area (TPSA) is 98.5 Å². The minimum atomic E-state index is -0.227. The highest BCUT2D eigenvalue weighted by Crippen LogP contribution is 2.35. The first kappa shape index (κ1) is 21.0. The first-order valence-electron chi connectivity index (χ1n) is 11.6. The molecular weight excluding hydrogens is 430 g/mol. The van der Waals surface area contributed by atoms with Crippen LogP contribution >= 0.6 is 0 Å². The van der Waals surface area contributed by atoms with Crippen LogP contribution in [0.2, 0.25) is 0 Å². The molecule has 0 spiro atoms. The summed E-state index contributed by atoms with van der Waals surface area (Å²) in [4.78, 5) is 13.1. The van der Waals surface area contributed by atoms with E-state index in [1.165, 1.54) is 0 Å². The first-order valence-corrected chi connectivity index (χ1v) is 11.6. The number of fused-ring (bicyclic) bond motifs is 2. The van der Waals surface area contributed by atoms with Crippen molar-refractivity contribution >= 4 is 17.2 Å². The van der Waals surface area contributed by atoms with Crippen molar-refractivity contribution in [1.82, 2.24) is 29.9 Å². The van der Waals surface area contributed by atoms with E-state index in [9.17, 15) is 0 Å². The number of nitrogens with zero attached hydrogens (tertiary/aromatic N) is 5. The Balaban J connectivity index is 1.26. The fraction of sp³-hybridized carbons (Fsp3) is 0.360. The maximum atomic E-state index is 6.34. The lowest BCUT2D eigenvalue weighted by Gasteiger charge is -2.52. The summed E-state index contributed by atoms with van der Waals surface area (Å²) >= 11 is 0. The number of rotatable bonds is 6. The molecule has 0 aromatic carbocycles. The van der Waals surface area contributed by atoms with Gasteiger partial charge in [-0.05, 0) is 50.5 Å². The molecule has 6 rings (SSSR count). The molecule has 0 radical (unpaired) electrons. The van der Waals surface area contributed by atoms with Crippen LogP contribution in [0.1, 0.15) is 24.2 Å². The maximum absolute atomic E-state index is 6.34. The third kappa shape index (κ3) is 3.86. The van der Waals surface area contributed by atoms with Gasteiger partial charge in [0.05, 0.1) is 29.8 Å². The van der Waals surface area contributed by atoms with Gasteiger partial charge in [0.15, 0.2) is 5.82 Å². The van der Waals surface area contributed by atoms with Gasteiger partial charge < -0.3 is 20.1 Å². The van der Waals surface area contributed by atoms with Crippen LogP contribution in [0, 0.1) is 13.8 Å². The first-order chi connectivity index (χ1) is 16.6. The molecule has 1 unspecified atom stereocenters.